The number of rotatable bonds is 10. The van der Waals surface area contributed by atoms with E-state index in [1.54, 1.807) is 30.2 Å². The van der Waals surface area contributed by atoms with E-state index in [-0.39, 0.29) is 30.1 Å². The van der Waals surface area contributed by atoms with E-state index in [0.717, 1.165) is 16.9 Å². The van der Waals surface area contributed by atoms with Crippen LogP contribution < -0.4 is 4.74 Å². The van der Waals surface area contributed by atoms with Crippen LogP contribution in [0.5, 0.6) is 5.75 Å². The second-order valence-corrected chi connectivity index (χ2v) is 8.37. The summed E-state index contributed by atoms with van der Waals surface area (Å²) in [6.45, 7) is 8.50. The molecule has 0 aliphatic heterocycles. The number of hydrogen-bond donors (Lipinski definition) is 0. The highest BCUT2D eigenvalue weighted by molar-refractivity contribution is 7.99. The first kappa shape index (κ1) is 23.5. The molecule has 0 fully saturated rings. The Morgan fingerprint density at radius 2 is 2.03 bits per heavy atom. The fraction of sp³-hybridized carbons (Fsp3) is 0.292. The second kappa shape index (κ2) is 10.9. The highest BCUT2D eigenvalue weighted by Crippen LogP contribution is 2.23. The molecular weight excluding hydrogens is 427 g/mol. The second-order valence-electron chi connectivity index (χ2n) is 7.42. The molecule has 32 heavy (non-hydrogen) atoms. The van der Waals surface area contributed by atoms with E-state index in [4.69, 9.17) is 4.74 Å². The van der Waals surface area contributed by atoms with Gasteiger partial charge in [0, 0.05) is 13.6 Å². The number of aromatic nitrogens is 3. The van der Waals surface area contributed by atoms with Crippen LogP contribution >= 0.6 is 11.8 Å². The summed E-state index contributed by atoms with van der Waals surface area (Å²) in [5.74, 6) is 1.27. The Kier molecular flexibility index (Phi) is 8.05. The highest BCUT2D eigenvalue weighted by atomic mass is 32.2. The van der Waals surface area contributed by atoms with Crippen LogP contribution in [0, 0.1) is 12.7 Å². The Labute approximate surface area is 192 Å². The summed E-state index contributed by atoms with van der Waals surface area (Å²) in [5, 5.41) is 9.12. The predicted molar refractivity (Wildman–Crippen MR) is 124 cm³/mol. The fourth-order valence-electron chi connectivity index (χ4n) is 3.11. The standard InChI is InChI=1S/C24H27FN4O2S/c1-5-13-29-22(15-31-21-8-6-7-17(2)14-21)26-27-24(29)32-16-23(30)28(4)18(3)19-9-11-20(25)12-10-19/h5-12,14,18H,1,13,15-16H2,2-4H3. The lowest BCUT2D eigenvalue weighted by atomic mass is 10.1. The minimum atomic E-state index is -0.297. The first-order valence-corrected chi connectivity index (χ1v) is 11.2. The average molecular weight is 455 g/mol. The molecule has 0 spiro atoms. The number of hydrogen-bond acceptors (Lipinski definition) is 5. The zero-order valence-electron chi connectivity index (χ0n) is 18.5. The minimum absolute atomic E-state index is 0.0578. The molecule has 1 amide bonds. The lowest BCUT2D eigenvalue weighted by molar-refractivity contribution is -0.128. The van der Waals surface area contributed by atoms with Gasteiger partial charge in [-0.25, -0.2) is 4.39 Å². The molecule has 1 heterocycles. The van der Waals surface area contributed by atoms with Gasteiger partial charge in [-0.2, -0.15) is 0 Å². The van der Waals surface area contributed by atoms with Crippen molar-refractivity contribution in [3.63, 3.8) is 0 Å². The van der Waals surface area contributed by atoms with Crippen LogP contribution in [0.25, 0.3) is 0 Å². The minimum Gasteiger partial charge on any atom is -0.486 e. The first-order valence-electron chi connectivity index (χ1n) is 10.3. The molecule has 0 saturated carbocycles. The van der Waals surface area contributed by atoms with Gasteiger partial charge in [-0.1, -0.05) is 42.1 Å². The normalized spacial score (nSPS) is 11.8. The third kappa shape index (κ3) is 5.97. The summed E-state index contributed by atoms with van der Waals surface area (Å²) in [6.07, 6.45) is 1.76. The Hall–Kier alpha value is -3.13. The van der Waals surface area contributed by atoms with Gasteiger partial charge in [-0.3, -0.25) is 9.36 Å². The predicted octanol–water partition coefficient (Wildman–Crippen LogP) is 4.80. The van der Waals surface area contributed by atoms with Crippen LogP contribution in [0.15, 0.2) is 66.3 Å². The first-order chi connectivity index (χ1) is 15.4. The van der Waals surface area contributed by atoms with Gasteiger partial charge in [-0.15, -0.1) is 16.8 Å². The van der Waals surface area contributed by atoms with Gasteiger partial charge in [0.05, 0.1) is 11.8 Å². The van der Waals surface area contributed by atoms with Crippen LogP contribution in [0.2, 0.25) is 0 Å². The number of benzene rings is 2. The lowest BCUT2D eigenvalue weighted by Gasteiger charge is -2.25. The number of allylic oxidation sites excluding steroid dienone is 1. The van der Waals surface area contributed by atoms with Gasteiger partial charge >= 0.3 is 0 Å². The Morgan fingerprint density at radius 3 is 2.72 bits per heavy atom. The summed E-state index contributed by atoms with van der Waals surface area (Å²) in [7, 11) is 1.74. The fourth-order valence-corrected chi connectivity index (χ4v) is 4.00. The number of halogens is 1. The summed E-state index contributed by atoms with van der Waals surface area (Å²) in [4.78, 5) is 14.4. The number of thioether (sulfide) groups is 1. The number of ether oxygens (including phenoxy) is 1. The summed E-state index contributed by atoms with van der Waals surface area (Å²) >= 11 is 1.32. The molecule has 3 aromatic rings. The van der Waals surface area contributed by atoms with E-state index in [1.165, 1.54) is 23.9 Å². The number of nitrogens with zero attached hydrogens (tertiary/aromatic N) is 4. The van der Waals surface area contributed by atoms with E-state index in [2.05, 4.69) is 16.8 Å². The molecule has 8 heteroatoms. The van der Waals surface area contributed by atoms with E-state index in [9.17, 15) is 9.18 Å². The van der Waals surface area contributed by atoms with Crippen molar-refractivity contribution in [2.45, 2.75) is 38.2 Å². The number of carbonyl (C=O) groups excluding carboxylic acids is 1. The van der Waals surface area contributed by atoms with Gasteiger partial charge in [0.1, 0.15) is 18.2 Å². The van der Waals surface area contributed by atoms with Crippen molar-refractivity contribution in [1.82, 2.24) is 19.7 Å². The Bertz CT molecular complexity index is 1070. The van der Waals surface area contributed by atoms with E-state index >= 15 is 0 Å². The van der Waals surface area contributed by atoms with Crippen molar-refractivity contribution in [2.24, 2.45) is 0 Å². The third-order valence-corrected chi connectivity index (χ3v) is 6.07. The van der Waals surface area contributed by atoms with Crippen molar-refractivity contribution in [1.29, 1.82) is 0 Å². The van der Waals surface area contributed by atoms with Gasteiger partial charge in [-0.05, 0) is 49.2 Å². The summed E-state index contributed by atoms with van der Waals surface area (Å²) in [5.41, 5.74) is 1.99. The Morgan fingerprint density at radius 1 is 1.28 bits per heavy atom. The molecule has 1 aromatic heterocycles. The maximum atomic E-state index is 13.2. The smallest absolute Gasteiger partial charge is 0.233 e. The van der Waals surface area contributed by atoms with E-state index in [1.807, 2.05) is 42.7 Å². The lowest BCUT2D eigenvalue weighted by Crippen LogP contribution is -2.31. The SMILES string of the molecule is C=CCn1c(COc2cccc(C)c2)nnc1SCC(=O)N(C)C(C)c1ccc(F)cc1. The van der Waals surface area contributed by atoms with Crippen molar-refractivity contribution in [3.8, 4) is 5.75 Å². The molecular formula is C24H27FN4O2S. The monoisotopic (exact) mass is 454 g/mol. The number of amides is 1. The highest BCUT2D eigenvalue weighted by Gasteiger charge is 2.20. The molecule has 0 aliphatic rings. The van der Waals surface area contributed by atoms with Gasteiger partial charge in [0.2, 0.25) is 5.91 Å². The van der Waals surface area contributed by atoms with Gasteiger partial charge in [0.25, 0.3) is 0 Å². The van der Waals surface area contributed by atoms with Crippen LogP contribution in [0.4, 0.5) is 4.39 Å². The van der Waals surface area contributed by atoms with Crippen LogP contribution in [-0.4, -0.2) is 38.4 Å². The van der Waals surface area contributed by atoms with E-state index < -0.39 is 0 Å². The van der Waals surface area contributed by atoms with Crippen molar-refractivity contribution in [3.05, 3.63) is 84.0 Å². The summed E-state index contributed by atoms with van der Waals surface area (Å²) < 4.78 is 20.9. The molecule has 2 aromatic carbocycles. The Balaban J connectivity index is 1.62. The molecule has 6 nitrogen and oxygen atoms in total. The summed E-state index contributed by atoms with van der Waals surface area (Å²) in [6, 6.07) is 13.8. The maximum absolute atomic E-state index is 13.2. The van der Waals surface area contributed by atoms with Crippen molar-refractivity contribution >= 4 is 17.7 Å². The van der Waals surface area contributed by atoms with Gasteiger partial charge in [0.15, 0.2) is 11.0 Å². The van der Waals surface area contributed by atoms with E-state index in [0.29, 0.717) is 17.5 Å². The molecule has 3 rings (SSSR count). The van der Waals surface area contributed by atoms with Crippen molar-refractivity contribution < 1.29 is 13.9 Å². The van der Waals surface area contributed by atoms with Crippen LogP contribution in [0.3, 0.4) is 0 Å². The van der Waals surface area contributed by atoms with Gasteiger partial charge < -0.3 is 9.64 Å². The molecule has 0 radical (unpaired) electrons. The molecule has 1 atom stereocenters. The third-order valence-electron chi connectivity index (χ3n) is 5.11. The zero-order valence-corrected chi connectivity index (χ0v) is 19.3. The molecule has 0 aliphatic carbocycles. The van der Waals surface area contributed by atoms with Crippen LogP contribution in [0.1, 0.15) is 29.9 Å². The maximum Gasteiger partial charge on any atom is 0.233 e. The molecule has 0 bridgehead atoms. The zero-order chi connectivity index (χ0) is 23.1. The quantitative estimate of drug-likeness (QED) is 0.325. The average Bonchev–Trinajstić information content (AvgIpc) is 3.17. The molecule has 0 saturated heterocycles. The molecule has 0 N–H and O–H groups in total. The molecule has 1 unspecified atom stereocenters. The van der Waals surface area contributed by atoms with Crippen molar-refractivity contribution in [2.75, 3.05) is 12.8 Å². The van der Waals surface area contributed by atoms with Crippen LogP contribution in [-0.2, 0) is 17.9 Å². The molecule has 168 valence electrons. The number of carbonyl (C=O) groups is 1. The topological polar surface area (TPSA) is 60.2 Å². The number of aryl methyl sites for hydroxylation is 1. The largest absolute Gasteiger partial charge is 0.486 e.